The first-order valence-corrected chi connectivity index (χ1v) is 7.57. The summed E-state index contributed by atoms with van der Waals surface area (Å²) in [5.41, 5.74) is 6.70. The van der Waals surface area contributed by atoms with E-state index in [1.807, 2.05) is 4.90 Å². The maximum Gasteiger partial charge on any atom is 0.272 e. The Morgan fingerprint density at radius 2 is 2.25 bits per heavy atom. The van der Waals surface area contributed by atoms with Crippen LogP contribution in [-0.4, -0.2) is 33.9 Å². The van der Waals surface area contributed by atoms with Gasteiger partial charge in [-0.15, -0.1) is 0 Å². The second kappa shape index (κ2) is 6.79. The quantitative estimate of drug-likeness (QED) is 0.869. The van der Waals surface area contributed by atoms with Crippen LogP contribution in [0.25, 0.3) is 0 Å². The molecule has 0 saturated carbocycles. The van der Waals surface area contributed by atoms with Crippen molar-refractivity contribution in [2.45, 2.75) is 32.6 Å². The average molecular weight is 291 g/mol. The van der Waals surface area contributed by atoms with Crippen LogP contribution in [0.3, 0.4) is 0 Å². The van der Waals surface area contributed by atoms with Crippen molar-refractivity contribution in [3.8, 4) is 0 Å². The number of amides is 1. The molecule has 1 aliphatic rings. The number of hydrogen-bond acceptors (Lipinski definition) is 3. The van der Waals surface area contributed by atoms with Crippen molar-refractivity contribution in [1.82, 2.24) is 9.88 Å². The van der Waals surface area contributed by atoms with Crippen molar-refractivity contribution in [2.24, 2.45) is 11.7 Å². The third-order valence-electron chi connectivity index (χ3n) is 3.98. The van der Waals surface area contributed by atoms with Gasteiger partial charge in [-0.1, -0.05) is 25.6 Å². The molecule has 5 heteroatoms. The minimum Gasteiger partial charge on any atom is -0.389 e. The highest BCUT2D eigenvalue weighted by Gasteiger charge is 2.21. The Hall–Kier alpha value is -1.49. The molecule has 1 saturated heterocycles. The lowest BCUT2D eigenvalue weighted by Crippen LogP contribution is -2.32. The van der Waals surface area contributed by atoms with Crippen molar-refractivity contribution < 1.29 is 4.79 Å². The average Bonchev–Trinajstić information content (AvgIpc) is 2.72. The zero-order valence-corrected chi connectivity index (χ0v) is 12.7. The summed E-state index contributed by atoms with van der Waals surface area (Å²) in [5, 5.41) is 0. The Kier molecular flexibility index (Phi) is 5.06. The summed E-state index contributed by atoms with van der Waals surface area (Å²) in [6.07, 6.45) is 6.15. The van der Waals surface area contributed by atoms with E-state index >= 15 is 0 Å². The summed E-state index contributed by atoms with van der Waals surface area (Å²) >= 11 is 4.88. The van der Waals surface area contributed by atoms with Crippen LogP contribution in [0.4, 0.5) is 0 Å². The monoisotopic (exact) mass is 291 g/mol. The number of carbonyl (C=O) groups excluding carboxylic acids is 1. The van der Waals surface area contributed by atoms with E-state index in [1.165, 1.54) is 12.8 Å². The van der Waals surface area contributed by atoms with Crippen molar-refractivity contribution in [3.05, 3.63) is 29.6 Å². The molecule has 1 aromatic rings. The summed E-state index contributed by atoms with van der Waals surface area (Å²) in [5.74, 6) is 0.758. The summed E-state index contributed by atoms with van der Waals surface area (Å²) < 4.78 is 0. The SMILES string of the molecule is CCC1CCCN(C(=O)c2ccc(C(N)=S)cn2)CC1. The second-order valence-electron chi connectivity index (χ2n) is 5.29. The largest absolute Gasteiger partial charge is 0.389 e. The van der Waals surface area contributed by atoms with Gasteiger partial charge in [0.05, 0.1) is 0 Å². The molecule has 4 nitrogen and oxygen atoms in total. The minimum atomic E-state index is 0.0104. The van der Waals surface area contributed by atoms with Crippen LogP contribution < -0.4 is 5.73 Å². The molecule has 1 amide bonds. The van der Waals surface area contributed by atoms with E-state index < -0.39 is 0 Å². The lowest BCUT2D eigenvalue weighted by molar-refractivity contribution is 0.0754. The molecule has 2 N–H and O–H groups in total. The molecule has 1 aromatic heterocycles. The zero-order valence-electron chi connectivity index (χ0n) is 11.8. The van der Waals surface area contributed by atoms with Gasteiger partial charge in [-0.2, -0.15) is 0 Å². The van der Waals surface area contributed by atoms with Gasteiger partial charge in [-0.25, -0.2) is 0 Å². The van der Waals surface area contributed by atoms with Gasteiger partial charge in [0.25, 0.3) is 5.91 Å². The smallest absolute Gasteiger partial charge is 0.272 e. The Morgan fingerprint density at radius 3 is 2.85 bits per heavy atom. The van der Waals surface area contributed by atoms with Crippen LogP contribution in [0.1, 0.15) is 48.7 Å². The van der Waals surface area contributed by atoms with Crippen LogP contribution in [0, 0.1) is 5.92 Å². The number of carbonyl (C=O) groups is 1. The number of thiocarbonyl (C=S) groups is 1. The predicted octanol–water partition coefficient (Wildman–Crippen LogP) is 2.37. The molecule has 0 bridgehead atoms. The van der Waals surface area contributed by atoms with Crippen LogP contribution in [0.5, 0.6) is 0 Å². The Bertz CT molecular complexity index is 486. The van der Waals surface area contributed by atoms with E-state index in [9.17, 15) is 4.79 Å². The van der Waals surface area contributed by atoms with E-state index in [0.29, 0.717) is 16.2 Å². The predicted molar refractivity (Wildman–Crippen MR) is 83.7 cm³/mol. The molecule has 2 rings (SSSR count). The third kappa shape index (κ3) is 3.54. The zero-order chi connectivity index (χ0) is 14.5. The third-order valence-corrected chi connectivity index (χ3v) is 4.22. The first-order chi connectivity index (χ1) is 9.61. The van der Waals surface area contributed by atoms with Gasteiger partial charge >= 0.3 is 0 Å². The fourth-order valence-electron chi connectivity index (χ4n) is 2.60. The number of aromatic nitrogens is 1. The summed E-state index contributed by atoms with van der Waals surface area (Å²) in [6, 6.07) is 3.47. The Labute approximate surface area is 125 Å². The van der Waals surface area contributed by atoms with Gasteiger partial charge in [-0.3, -0.25) is 9.78 Å². The maximum absolute atomic E-state index is 12.4. The first kappa shape index (κ1) is 14.9. The van der Waals surface area contributed by atoms with Gasteiger partial charge in [0, 0.05) is 24.8 Å². The molecular formula is C15H21N3OS. The molecule has 1 atom stereocenters. The highest BCUT2D eigenvalue weighted by atomic mass is 32.1. The summed E-state index contributed by atoms with van der Waals surface area (Å²) in [7, 11) is 0. The van der Waals surface area contributed by atoms with Crippen molar-refractivity contribution >= 4 is 23.1 Å². The fourth-order valence-corrected chi connectivity index (χ4v) is 2.73. The van der Waals surface area contributed by atoms with Gasteiger partial charge in [0.1, 0.15) is 10.7 Å². The van der Waals surface area contributed by atoms with Gasteiger partial charge in [0.15, 0.2) is 0 Å². The highest BCUT2D eigenvalue weighted by Crippen LogP contribution is 2.21. The lowest BCUT2D eigenvalue weighted by Gasteiger charge is -2.20. The summed E-state index contributed by atoms with van der Waals surface area (Å²) in [6.45, 7) is 3.88. The normalized spacial score (nSPS) is 19.4. The molecule has 0 aromatic carbocycles. The highest BCUT2D eigenvalue weighted by molar-refractivity contribution is 7.80. The molecule has 20 heavy (non-hydrogen) atoms. The minimum absolute atomic E-state index is 0.0104. The van der Waals surface area contributed by atoms with E-state index in [0.717, 1.165) is 31.8 Å². The maximum atomic E-state index is 12.4. The molecule has 1 fully saturated rings. The van der Waals surface area contributed by atoms with Gasteiger partial charge in [-0.05, 0) is 37.3 Å². The van der Waals surface area contributed by atoms with Crippen LogP contribution in [-0.2, 0) is 0 Å². The summed E-state index contributed by atoms with van der Waals surface area (Å²) in [4.78, 5) is 18.8. The van der Waals surface area contributed by atoms with Crippen molar-refractivity contribution in [2.75, 3.05) is 13.1 Å². The van der Waals surface area contributed by atoms with E-state index in [1.54, 1.807) is 18.3 Å². The molecule has 0 aliphatic carbocycles. The van der Waals surface area contributed by atoms with Crippen LogP contribution >= 0.6 is 12.2 Å². The Morgan fingerprint density at radius 1 is 1.45 bits per heavy atom. The van der Waals surface area contributed by atoms with Crippen molar-refractivity contribution in [3.63, 3.8) is 0 Å². The lowest BCUT2D eigenvalue weighted by atomic mass is 9.98. The van der Waals surface area contributed by atoms with E-state index in [2.05, 4.69) is 11.9 Å². The molecule has 1 aliphatic heterocycles. The second-order valence-corrected chi connectivity index (χ2v) is 5.73. The number of nitrogens with two attached hydrogens (primary N) is 1. The molecule has 0 radical (unpaired) electrons. The standard InChI is InChI=1S/C15H21N3OS/c1-2-11-4-3-8-18(9-7-11)15(19)13-6-5-12(10-17-13)14(16)20/h5-6,10-11H,2-4,7-9H2,1H3,(H2,16,20). The van der Waals surface area contributed by atoms with E-state index in [-0.39, 0.29) is 5.91 Å². The van der Waals surface area contributed by atoms with Crippen LogP contribution in [0.2, 0.25) is 0 Å². The molecular weight excluding hydrogens is 270 g/mol. The number of nitrogens with zero attached hydrogens (tertiary/aromatic N) is 2. The number of pyridine rings is 1. The molecule has 108 valence electrons. The van der Waals surface area contributed by atoms with Gasteiger partial charge in [0.2, 0.25) is 0 Å². The van der Waals surface area contributed by atoms with Crippen molar-refractivity contribution in [1.29, 1.82) is 0 Å². The van der Waals surface area contributed by atoms with Gasteiger partial charge < -0.3 is 10.6 Å². The molecule has 0 spiro atoms. The topological polar surface area (TPSA) is 59.2 Å². The number of rotatable bonds is 3. The van der Waals surface area contributed by atoms with Crippen LogP contribution in [0.15, 0.2) is 18.3 Å². The van der Waals surface area contributed by atoms with E-state index in [4.69, 9.17) is 18.0 Å². The first-order valence-electron chi connectivity index (χ1n) is 7.17. The number of hydrogen-bond donors (Lipinski definition) is 1. The molecule has 1 unspecified atom stereocenters. The molecule has 2 heterocycles. The number of likely N-dealkylation sites (tertiary alicyclic amines) is 1. The Balaban J connectivity index is 2.05. The fraction of sp³-hybridized carbons (Fsp3) is 0.533.